The summed E-state index contributed by atoms with van der Waals surface area (Å²) >= 11 is 1.78. The van der Waals surface area contributed by atoms with Crippen molar-refractivity contribution in [2.75, 3.05) is 6.54 Å². The molecule has 80 valence electrons. The third-order valence-electron chi connectivity index (χ3n) is 1.92. The predicted octanol–water partition coefficient (Wildman–Crippen LogP) is 2.84. The van der Waals surface area contributed by atoms with E-state index in [1.165, 1.54) is 17.1 Å². The fraction of sp³-hybridized carbons (Fsp3) is 0.727. The zero-order valence-electron chi connectivity index (χ0n) is 9.34. The average Bonchev–Trinajstić information content (AvgIpc) is 2.53. The second-order valence-corrected chi connectivity index (χ2v) is 4.95. The molecule has 0 aliphatic rings. The van der Waals surface area contributed by atoms with Gasteiger partial charge in [-0.25, -0.2) is 4.98 Å². The van der Waals surface area contributed by atoms with Crippen LogP contribution in [0.3, 0.4) is 0 Å². The largest absolute Gasteiger partial charge is 0.311 e. The van der Waals surface area contributed by atoms with Crippen molar-refractivity contribution < 1.29 is 0 Å². The van der Waals surface area contributed by atoms with Crippen molar-refractivity contribution in [3.63, 3.8) is 0 Å². The molecule has 0 atom stereocenters. The molecule has 3 heteroatoms. The lowest BCUT2D eigenvalue weighted by Gasteiger charge is -2.04. The number of aryl methyl sites for hydroxylation is 1. The SMILES string of the molecule is CCCc1nc(CNCC(C)C)cs1. The van der Waals surface area contributed by atoms with Crippen molar-refractivity contribution >= 4 is 11.3 Å². The highest BCUT2D eigenvalue weighted by Gasteiger charge is 2.00. The third-order valence-corrected chi connectivity index (χ3v) is 2.88. The van der Waals surface area contributed by atoms with Gasteiger partial charge in [-0.05, 0) is 25.3 Å². The standard InChI is InChI=1S/C11H20N2S/c1-4-5-11-13-10(8-14-11)7-12-6-9(2)3/h8-9,12H,4-7H2,1-3H3. The van der Waals surface area contributed by atoms with Gasteiger partial charge in [0.15, 0.2) is 0 Å². The Kier molecular flexibility index (Phi) is 5.12. The maximum absolute atomic E-state index is 4.55. The summed E-state index contributed by atoms with van der Waals surface area (Å²) < 4.78 is 0. The van der Waals surface area contributed by atoms with Gasteiger partial charge in [-0.2, -0.15) is 0 Å². The molecule has 0 unspecified atom stereocenters. The van der Waals surface area contributed by atoms with E-state index in [1.807, 2.05) is 0 Å². The summed E-state index contributed by atoms with van der Waals surface area (Å²) in [5, 5.41) is 6.84. The van der Waals surface area contributed by atoms with Crippen LogP contribution in [-0.4, -0.2) is 11.5 Å². The number of hydrogen-bond acceptors (Lipinski definition) is 3. The number of hydrogen-bond donors (Lipinski definition) is 1. The van der Waals surface area contributed by atoms with Crippen molar-refractivity contribution in [3.05, 3.63) is 16.1 Å². The summed E-state index contributed by atoms with van der Waals surface area (Å²) in [5.74, 6) is 0.712. The van der Waals surface area contributed by atoms with Crippen LogP contribution in [0.5, 0.6) is 0 Å². The van der Waals surface area contributed by atoms with Crippen LogP contribution in [0, 0.1) is 5.92 Å². The van der Waals surface area contributed by atoms with Gasteiger partial charge in [0.05, 0.1) is 10.7 Å². The molecule has 1 rings (SSSR count). The molecule has 0 amide bonds. The third kappa shape index (κ3) is 4.20. The first-order valence-corrected chi connectivity index (χ1v) is 6.24. The van der Waals surface area contributed by atoms with Crippen LogP contribution < -0.4 is 5.32 Å². The highest BCUT2D eigenvalue weighted by molar-refractivity contribution is 7.09. The van der Waals surface area contributed by atoms with Crippen molar-refractivity contribution in [3.8, 4) is 0 Å². The topological polar surface area (TPSA) is 24.9 Å². The van der Waals surface area contributed by atoms with Crippen LogP contribution in [0.1, 0.15) is 37.9 Å². The van der Waals surface area contributed by atoms with Crippen LogP contribution in [-0.2, 0) is 13.0 Å². The van der Waals surface area contributed by atoms with Gasteiger partial charge < -0.3 is 5.32 Å². The number of rotatable bonds is 6. The van der Waals surface area contributed by atoms with E-state index >= 15 is 0 Å². The molecule has 14 heavy (non-hydrogen) atoms. The summed E-state index contributed by atoms with van der Waals surface area (Å²) in [5.41, 5.74) is 1.19. The lowest BCUT2D eigenvalue weighted by atomic mass is 10.2. The second kappa shape index (κ2) is 6.14. The minimum atomic E-state index is 0.712. The fourth-order valence-electron chi connectivity index (χ4n) is 1.25. The van der Waals surface area contributed by atoms with Crippen molar-refractivity contribution in [2.24, 2.45) is 5.92 Å². The quantitative estimate of drug-likeness (QED) is 0.784. The molecule has 0 radical (unpaired) electrons. The second-order valence-electron chi connectivity index (χ2n) is 4.01. The van der Waals surface area contributed by atoms with Gasteiger partial charge in [0.25, 0.3) is 0 Å². The molecular formula is C11H20N2S. The molecule has 1 aromatic heterocycles. The highest BCUT2D eigenvalue weighted by atomic mass is 32.1. The van der Waals surface area contributed by atoms with E-state index in [-0.39, 0.29) is 0 Å². The summed E-state index contributed by atoms with van der Waals surface area (Å²) in [6.07, 6.45) is 2.31. The Labute approximate surface area is 90.8 Å². The molecule has 2 nitrogen and oxygen atoms in total. The minimum absolute atomic E-state index is 0.712. The number of nitrogens with one attached hydrogen (secondary N) is 1. The molecule has 0 aromatic carbocycles. The Morgan fingerprint density at radius 3 is 2.93 bits per heavy atom. The lowest BCUT2D eigenvalue weighted by molar-refractivity contribution is 0.548. The van der Waals surface area contributed by atoms with Crippen molar-refractivity contribution in [1.29, 1.82) is 0 Å². The molecule has 0 aliphatic carbocycles. The molecule has 0 bridgehead atoms. The van der Waals surface area contributed by atoms with E-state index in [0.717, 1.165) is 19.5 Å². The maximum Gasteiger partial charge on any atom is 0.0928 e. The zero-order chi connectivity index (χ0) is 10.4. The normalized spacial score (nSPS) is 11.1. The maximum atomic E-state index is 4.55. The first kappa shape index (κ1) is 11.7. The molecule has 0 aliphatic heterocycles. The Morgan fingerprint density at radius 2 is 2.29 bits per heavy atom. The van der Waals surface area contributed by atoms with E-state index in [2.05, 4.69) is 36.5 Å². The summed E-state index contributed by atoms with van der Waals surface area (Å²) in [7, 11) is 0. The molecule has 1 heterocycles. The molecule has 0 saturated heterocycles. The van der Waals surface area contributed by atoms with Gasteiger partial charge in [-0.15, -0.1) is 11.3 Å². The van der Waals surface area contributed by atoms with Crippen LogP contribution in [0.25, 0.3) is 0 Å². The van der Waals surface area contributed by atoms with Crippen LogP contribution in [0.2, 0.25) is 0 Å². The Hall–Kier alpha value is -0.410. The van der Waals surface area contributed by atoms with Gasteiger partial charge in [-0.3, -0.25) is 0 Å². The van der Waals surface area contributed by atoms with E-state index < -0.39 is 0 Å². The highest BCUT2D eigenvalue weighted by Crippen LogP contribution is 2.11. The number of nitrogens with zero attached hydrogens (tertiary/aromatic N) is 1. The smallest absolute Gasteiger partial charge is 0.0928 e. The van der Waals surface area contributed by atoms with Gasteiger partial charge in [0.1, 0.15) is 0 Å². The van der Waals surface area contributed by atoms with Gasteiger partial charge >= 0.3 is 0 Å². The van der Waals surface area contributed by atoms with Gasteiger partial charge in [0, 0.05) is 11.9 Å². The summed E-state index contributed by atoms with van der Waals surface area (Å²) in [6, 6.07) is 0. The number of aromatic nitrogens is 1. The summed E-state index contributed by atoms with van der Waals surface area (Å²) in [6.45, 7) is 8.62. The average molecular weight is 212 g/mol. The molecule has 0 saturated carbocycles. The van der Waals surface area contributed by atoms with E-state index in [0.29, 0.717) is 5.92 Å². The van der Waals surface area contributed by atoms with Crippen LogP contribution in [0.15, 0.2) is 5.38 Å². The first-order valence-electron chi connectivity index (χ1n) is 5.36. The Balaban J connectivity index is 2.28. The first-order chi connectivity index (χ1) is 6.72. The van der Waals surface area contributed by atoms with Crippen molar-refractivity contribution in [2.45, 2.75) is 40.2 Å². The van der Waals surface area contributed by atoms with Gasteiger partial charge in [0.2, 0.25) is 0 Å². The predicted molar refractivity (Wildman–Crippen MR) is 62.7 cm³/mol. The molecule has 1 aromatic rings. The Bertz CT molecular complexity index is 256. The summed E-state index contributed by atoms with van der Waals surface area (Å²) in [4.78, 5) is 4.55. The molecule has 1 N–H and O–H groups in total. The Morgan fingerprint density at radius 1 is 1.50 bits per heavy atom. The fourth-order valence-corrected chi connectivity index (χ4v) is 2.15. The van der Waals surface area contributed by atoms with Crippen molar-refractivity contribution in [1.82, 2.24) is 10.3 Å². The monoisotopic (exact) mass is 212 g/mol. The van der Waals surface area contributed by atoms with Gasteiger partial charge in [-0.1, -0.05) is 20.8 Å². The van der Waals surface area contributed by atoms with Crippen LogP contribution in [0.4, 0.5) is 0 Å². The van der Waals surface area contributed by atoms with E-state index in [4.69, 9.17) is 0 Å². The molecule has 0 spiro atoms. The molecular weight excluding hydrogens is 192 g/mol. The lowest BCUT2D eigenvalue weighted by Crippen LogP contribution is -2.19. The number of thiazole rings is 1. The van der Waals surface area contributed by atoms with Crippen LogP contribution >= 0.6 is 11.3 Å². The molecule has 0 fully saturated rings. The van der Waals surface area contributed by atoms with E-state index in [9.17, 15) is 0 Å². The minimum Gasteiger partial charge on any atom is -0.311 e. The zero-order valence-corrected chi connectivity index (χ0v) is 10.2. The van der Waals surface area contributed by atoms with E-state index in [1.54, 1.807) is 11.3 Å².